The minimum absolute atomic E-state index is 0.0301. The number of aryl methyl sites for hydroxylation is 1. The molecule has 1 aliphatic heterocycles. The number of ether oxygens (including phenoxy) is 1. The van der Waals surface area contributed by atoms with Gasteiger partial charge in [-0.3, -0.25) is 14.5 Å². The van der Waals surface area contributed by atoms with E-state index < -0.39 is 23.5 Å². The second kappa shape index (κ2) is 8.39. The number of nitrogens with zero attached hydrogens (tertiary/aromatic N) is 1. The van der Waals surface area contributed by atoms with Crippen molar-refractivity contribution in [1.29, 1.82) is 0 Å². The molecule has 1 amide bonds. The molecule has 0 fully saturated rings. The first-order chi connectivity index (χ1) is 16.4. The molecule has 1 aromatic heterocycles. The van der Waals surface area contributed by atoms with Gasteiger partial charge in [0.2, 0.25) is 5.78 Å². The lowest BCUT2D eigenvalue weighted by Crippen LogP contribution is -2.31. The first kappa shape index (κ1) is 21.8. The number of methoxy groups -OCH3 is 1. The Labute approximate surface area is 200 Å². The minimum Gasteiger partial charge on any atom is -0.503 e. The van der Waals surface area contributed by atoms with Crippen LogP contribution in [-0.4, -0.2) is 23.9 Å². The predicted octanol–water partition coefficient (Wildman–Crippen LogP) is 6.19. The Bertz CT molecular complexity index is 1470. The molecule has 0 aliphatic carbocycles. The van der Waals surface area contributed by atoms with Crippen LogP contribution in [0.25, 0.3) is 11.0 Å². The molecule has 34 heavy (non-hydrogen) atoms. The molecule has 0 spiro atoms. The van der Waals surface area contributed by atoms with Crippen molar-refractivity contribution in [2.45, 2.75) is 13.0 Å². The number of para-hydroxylation sites is 1. The van der Waals surface area contributed by atoms with Crippen molar-refractivity contribution >= 4 is 39.9 Å². The maximum absolute atomic E-state index is 13.7. The van der Waals surface area contributed by atoms with E-state index in [1.54, 1.807) is 36.4 Å². The summed E-state index contributed by atoms with van der Waals surface area (Å²) in [6.07, 6.45) is 0. The van der Waals surface area contributed by atoms with Crippen molar-refractivity contribution in [3.05, 3.63) is 106 Å². The van der Waals surface area contributed by atoms with Crippen LogP contribution in [-0.2, 0) is 4.79 Å². The van der Waals surface area contributed by atoms with Gasteiger partial charge in [-0.1, -0.05) is 59.6 Å². The van der Waals surface area contributed by atoms with Crippen LogP contribution in [0, 0.1) is 6.92 Å². The Morgan fingerprint density at radius 3 is 2.53 bits per heavy atom. The van der Waals surface area contributed by atoms with Crippen molar-refractivity contribution in [3.63, 3.8) is 0 Å². The van der Waals surface area contributed by atoms with Gasteiger partial charge in [0, 0.05) is 22.2 Å². The molecule has 2 heterocycles. The van der Waals surface area contributed by atoms with Gasteiger partial charge in [0.1, 0.15) is 0 Å². The van der Waals surface area contributed by atoms with Crippen molar-refractivity contribution in [2.24, 2.45) is 0 Å². The third-order valence-electron chi connectivity index (χ3n) is 5.84. The van der Waals surface area contributed by atoms with E-state index in [1.165, 1.54) is 18.1 Å². The summed E-state index contributed by atoms with van der Waals surface area (Å²) in [4.78, 5) is 28.4. The highest BCUT2D eigenvalue weighted by molar-refractivity contribution is 6.31. The zero-order chi connectivity index (χ0) is 24.0. The number of ketones is 1. The molecular weight excluding hydrogens is 454 g/mol. The Hall–Kier alpha value is -4.03. The van der Waals surface area contributed by atoms with Crippen LogP contribution in [0.4, 0.5) is 5.69 Å². The molecule has 6 nitrogen and oxygen atoms in total. The number of furan rings is 1. The first-order valence-electron chi connectivity index (χ1n) is 10.6. The number of rotatable bonds is 5. The highest BCUT2D eigenvalue weighted by Crippen LogP contribution is 2.43. The van der Waals surface area contributed by atoms with Crippen molar-refractivity contribution < 1.29 is 23.8 Å². The van der Waals surface area contributed by atoms with Crippen LogP contribution in [0.3, 0.4) is 0 Å². The van der Waals surface area contributed by atoms with Crippen molar-refractivity contribution in [1.82, 2.24) is 0 Å². The number of aliphatic hydroxyl groups excluding tert-OH is 1. The number of anilines is 1. The summed E-state index contributed by atoms with van der Waals surface area (Å²) >= 11 is 6.16. The summed E-state index contributed by atoms with van der Waals surface area (Å²) in [5.41, 5.74) is 2.52. The molecule has 1 aliphatic rings. The SMILES string of the molecule is COc1cc(Cl)cc2cc(C(=O)C3=C(O)C(=O)N(c4ccccc4)C3c3cccc(C)c3)oc12. The third-order valence-corrected chi connectivity index (χ3v) is 6.05. The first-order valence-corrected chi connectivity index (χ1v) is 11.0. The molecule has 0 radical (unpaired) electrons. The predicted molar refractivity (Wildman–Crippen MR) is 130 cm³/mol. The van der Waals surface area contributed by atoms with E-state index in [9.17, 15) is 14.7 Å². The minimum atomic E-state index is -0.832. The van der Waals surface area contributed by atoms with Crippen molar-refractivity contribution in [3.8, 4) is 5.75 Å². The Balaban J connectivity index is 1.67. The number of Topliss-reactive ketones (excluding diaryl/α,β-unsaturated/α-hetero) is 1. The molecule has 170 valence electrons. The largest absolute Gasteiger partial charge is 0.503 e. The van der Waals surface area contributed by atoms with Gasteiger partial charge in [-0.15, -0.1) is 0 Å². The fourth-order valence-corrected chi connectivity index (χ4v) is 4.55. The number of aliphatic hydroxyl groups is 1. The van der Waals surface area contributed by atoms with E-state index in [1.807, 2.05) is 37.3 Å². The number of benzene rings is 3. The molecule has 4 aromatic rings. The summed E-state index contributed by atoms with van der Waals surface area (Å²) in [6, 6.07) is 20.4. The van der Waals surface area contributed by atoms with Crippen LogP contribution >= 0.6 is 11.6 Å². The average molecular weight is 474 g/mol. The molecule has 1 unspecified atom stereocenters. The van der Waals surface area contributed by atoms with Crippen LogP contribution in [0.2, 0.25) is 5.02 Å². The van der Waals surface area contributed by atoms with Gasteiger partial charge in [-0.25, -0.2) is 0 Å². The molecule has 1 N–H and O–H groups in total. The summed E-state index contributed by atoms with van der Waals surface area (Å²) in [7, 11) is 1.48. The van der Waals surface area contributed by atoms with Gasteiger partial charge in [0.05, 0.1) is 18.7 Å². The van der Waals surface area contributed by atoms with E-state index in [0.29, 0.717) is 33.0 Å². The Kier molecular flexibility index (Phi) is 5.38. The number of amides is 1. The van der Waals surface area contributed by atoms with Gasteiger partial charge in [0.25, 0.3) is 5.91 Å². The van der Waals surface area contributed by atoms with Gasteiger partial charge in [-0.2, -0.15) is 0 Å². The fourth-order valence-electron chi connectivity index (χ4n) is 4.33. The number of halogens is 1. The van der Waals surface area contributed by atoms with E-state index in [4.69, 9.17) is 20.8 Å². The lowest BCUT2D eigenvalue weighted by Gasteiger charge is -2.27. The van der Waals surface area contributed by atoms with Gasteiger partial charge in [0.15, 0.2) is 22.9 Å². The molecule has 3 aromatic carbocycles. The molecule has 1 atom stereocenters. The van der Waals surface area contributed by atoms with E-state index in [-0.39, 0.29) is 11.3 Å². The molecule has 0 bridgehead atoms. The third kappa shape index (κ3) is 3.53. The number of carbonyl (C=O) groups is 2. The van der Waals surface area contributed by atoms with Crippen LogP contribution in [0.5, 0.6) is 5.75 Å². The van der Waals surface area contributed by atoms with E-state index >= 15 is 0 Å². The van der Waals surface area contributed by atoms with Crippen molar-refractivity contribution in [2.75, 3.05) is 12.0 Å². The molecule has 0 saturated carbocycles. The highest BCUT2D eigenvalue weighted by Gasteiger charge is 2.45. The quantitative estimate of drug-likeness (QED) is 0.350. The normalized spacial score (nSPS) is 15.9. The Morgan fingerprint density at radius 1 is 1.06 bits per heavy atom. The summed E-state index contributed by atoms with van der Waals surface area (Å²) in [5, 5.41) is 11.9. The maximum Gasteiger partial charge on any atom is 0.294 e. The number of hydrogen-bond acceptors (Lipinski definition) is 5. The van der Waals surface area contributed by atoms with Crippen LogP contribution in [0.15, 0.2) is 88.5 Å². The van der Waals surface area contributed by atoms with Gasteiger partial charge < -0.3 is 14.3 Å². The molecule has 7 heteroatoms. The van der Waals surface area contributed by atoms with Gasteiger partial charge in [-0.05, 0) is 36.8 Å². The summed E-state index contributed by atoms with van der Waals surface area (Å²) < 4.78 is 11.2. The van der Waals surface area contributed by atoms with E-state index in [2.05, 4.69) is 0 Å². The second-order valence-corrected chi connectivity index (χ2v) is 8.49. The molecular formula is C27H20ClNO5. The molecule has 5 rings (SSSR count). The molecule has 0 saturated heterocycles. The van der Waals surface area contributed by atoms with Crippen LogP contribution < -0.4 is 9.64 Å². The maximum atomic E-state index is 13.7. The number of carbonyl (C=O) groups excluding carboxylic acids is 2. The summed E-state index contributed by atoms with van der Waals surface area (Å²) in [5.74, 6) is -1.50. The highest BCUT2D eigenvalue weighted by atomic mass is 35.5. The fraction of sp³-hybridized carbons (Fsp3) is 0.111. The average Bonchev–Trinajstić information content (AvgIpc) is 3.37. The monoisotopic (exact) mass is 473 g/mol. The lowest BCUT2D eigenvalue weighted by molar-refractivity contribution is -0.117. The van der Waals surface area contributed by atoms with Gasteiger partial charge >= 0.3 is 0 Å². The van der Waals surface area contributed by atoms with E-state index in [0.717, 1.165) is 5.56 Å². The number of fused-ring (bicyclic) bond motifs is 1. The zero-order valence-electron chi connectivity index (χ0n) is 18.4. The lowest BCUT2D eigenvalue weighted by atomic mass is 9.94. The summed E-state index contributed by atoms with van der Waals surface area (Å²) in [6.45, 7) is 1.92. The zero-order valence-corrected chi connectivity index (χ0v) is 19.2. The number of hydrogen-bond donors (Lipinski definition) is 1. The topological polar surface area (TPSA) is 80.0 Å². The van der Waals surface area contributed by atoms with Crippen LogP contribution in [0.1, 0.15) is 27.7 Å². The second-order valence-electron chi connectivity index (χ2n) is 8.06. The Morgan fingerprint density at radius 2 is 1.82 bits per heavy atom. The smallest absolute Gasteiger partial charge is 0.294 e. The standard InChI is InChI=1S/C27H20ClNO5/c1-15-7-6-8-16(11-15)23-22(25(31)27(32)29(23)19-9-4-3-5-10-19)24(30)20-13-17-12-18(28)14-21(33-2)26(17)34-20/h3-14,23,31H,1-2H3.